The van der Waals surface area contributed by atoms with E-state index >= 15 is 0 Å². The summed E-state index contributed by atoms with van der Waals surface area (Å²) >= 11 is 1.84. The summed E-state index contributed by atoms with van der Waals surface area (Å²) in [5, 5.41) is 3.11. The van der Waals surface area contributed by atoms with Crippen LogP contribution in [0.2, 0.25) is 0 Å². The average Bonchev–Trinajstić information content (AvgIpc) is 2.93. The van der Waals surface area contributed by atoms with Crippen molar-refractivity contribution >= 4 is 17.7 Å². The van der Waals surface area contributed by atoms with Crippen molar-refractivity contribution in [3.63, 3.8) is 0 Å². The van der Waals surface area contributed by atoms with Crippen molar-refractivity contribution in [2.24, 2.45) is 0 Å². The molecule has 5 heteroatoms. The number of hydrogen-bond donors (Lipinski definition) is 1. The van der Waals surface area contributed by atoms with Gasteiger partial charge in [0, 0.05) is 29.4 Å². The highest BCUT2D eigenvalue weighted by Crippen LogP contribution is 2.40. The van der Waals surface area contributed by atoms with E-state index in [9.17, 15) is 4.79 Å². The molecule has 1 N–H and O–H groups in total. The normalized spacial score (nSPS) is 16.8. The molecule has 0 atom stereocenters. The third kappa shape index (κ3) is 4.02. The third-order valence-electron chi connectivity index (χ3n) is 4.34. The molecule has 1 amide bonds. The Morgan fingerprint density at radius 3 is 2.54 bits per heavy atom. The smallest absolute Gasteiger partial charge is 0.254 e. The summed E-state index contributed by atoms with van der Waals surface area (Å²) in [5.74, 6) is 1.36. The van der Waals surface area contributed by atoms with Crippen LogP contribution in [-0.4, -0.2) is 30.4 Å². The molecule has 0 spiro atoms. The summed E-state index contributed by atoms with van der Waals surface area (Å²) < 4.78 is 11.0. The van der Waals surface area contributed by atoms with E-state index in [2.05, 4.69) is 17.4 Å². The minimum Gasteiger partial charge on any atom is -0.466 e. The van der Waals surface area contributed by atoms with Crippen LogP contribution in [0.15, 0.2) is 45.7 Å². The molecule has 0 unspecified atom stereocenters. The van der Waals surface area contributed by atoms with Gasteiger partial charge in [-0.25, -0.2) is 0 Å². The second-order valence-electron chi connectivity index (χ2n) is 6.22. The number of carbonyl (C=O) groups is 1. The van der Waals surface area contributed by atoms with Crippen LogP contribution in [0.4, 0.5) is 0 Å². The SMILES string of the molecule is Cc1cc(C(=O)NCC2(Sc3ccccc3)CCOCC2)c(C)o1. The number of ether oxygens (including phenoxy) is 1. The lowest BCUT2D eigenvalue weighted by Gasteiger charge is -2.36. The molecule has 0 bridgehead atoms. The third-order valence-corrected chi connectivity index (χ3v) is 5.83. The van der Waals surface area contributed by atoms with Crippen LogP contribution in [0, 0.1) is 13.8 Å². The van der Waals surface area contributed by atoms with Gasteiger partial charge in [0.05, 0.1) is 5.56 Å². The first-order valence-electron chi connectivity index (χ1n) is 8.25. The Labute approximate surface area is 147 Å². The predicted molar refractivity (Wildman–Crippen MR) is 95.6 cm³/mol. The molecule has 128 valence electrons. The van der Waals surface area contributed by atoms with Crippen molar-refractivity contribution in [3.05, 3.63) is 53.5 Å². The van der Waals surface area contributed by atoms with E-state index < -0.39 is 0 Å². The molecule has 1 saturated heterocycles. The second kappa shape index (κ2) is 7.45. The van der Waals surface area contributed by atoms with E-state index in [1.54, 1.807) is 6.07 Å². The summed E-state index contributed by atoms with van der Waals surface area (Å²) in [4.78, 5) is 13.7. The van der Waals surface area contributed by atoms with E-state index in [0.717, 1.165) is 31.8 Å². The van der Waals surface area contributed by atoms with Crippen molar-refractivity contribution < 1.29 is 13.9 Å². The molecular weight excluding hydrogens is 322 g/mol. The highest BCUT2D eigenvalue weighted by molar-refractivity contribution is 8.00. The minimum absolute atomic E-state index is 0.0258. The van der Waals surface area contributed by atoms with Gasteiger partial charge in [0.1, 0.15) is 11.5 Å². The maximum absolute atomic E-state index is 12.5. The van der Waals surface area contributed by atoms with Crippen molar-refractivity contribution in [1.82, 2.24) is 5.32 Å². The number of furan rings is 1. The quantitative estimate of drug-likeness (QED) is 0.891. The molecule has 2 aromatic rings. The topological polar surface area (TPSA) is 51.5 Å². The number of thioether (sulfide) groups is 1. The molecule has 1 aromatic heterocycles. The fourth-order valence-corrected chi connectivity index (χ4v) is 4.30. The van der Waals surface area contributed by atoms with Crippen molar-refractivity contribution in [2.75, 3.05) is 19.8 Å². The van der Waals surface area contributed by atoms with Gasteiger partial charge in [-0.05, 0) is 44.9 Å². The first-order chi connectivity index (χ1) is 11.6. The molecule has 1 aliphatic heterocycles. The van der Waals surface area contributed by atoms with Crippen LogP contribution in [-0.2, 0) is 4.74 Å². The van der Waals surface area contributed by atoms with Crippen LogP contribution in [0.3, 0.4) is 0 Å². The van der Waals surface area contributed by atoms with Gasteiger partial charge < -0.3 is 14.5 Å². The van der Waals surface area contributed by atoms with E-state index in [4.69, 9.17) is 9.15 Å². The highest BCUT2D eigenvalue weighted by Gasteiger charge is 2.34. The number of hydrogen-bond acceptors (Lipinski definition) is 4. The van der Waals surface area contributed by atoms with Crippen LogP contribution in [0.5, 0.6) is 0 Å². The summed E-state index contributed by atoms with van der Waals surface area (Å²) in [7, 11) is 0. The largest absolute Gasteiger partial charge is 0.466 e. The molecule has 4 nitrogen and oxygen atoms in total. The maximum atomic E-state index is 12.5. The summed E-state index contributed by atoms with van der Waals surface area (Å²) in [6, 6.07) is 12.1. The first kappa shape index (κ1) is 17.1. The van der Waals surface area contributed by atoms with Crippen molar-refractivity contribution in [2.45, 2.75) is 36.3 Å². The van der Waals surface area contributed by atoms with Gasteiger partial charge in [-0.1, -0.05) is 18.2 Å². The number of rotatable bonds is 5. The lowest BCUT2D eigenvalue weighted by molar-refractivity contribution is 0.0741. The molecule has 1 aromatic carbocycles. The lowest BCUT2D eigenvalue weighted by atomic mass is 9.99. The van der Waals surface area contributed by atoms with Crippen LogP contribution >= 0.6 is 11.8 Å². The average molecular weight is 345 g/mol. The number of nitrogens with one attached hydrogen (secondary N) is 1. The van der Waals surface area contributed by atoms with Gasteiger partial charge in [-0.15, -0.1) is 11.8 Å². The molecule has 0 aliphatic carbocycles. The van der Waals surface area contributed by atoms with Crippen molar-refractivity contribution in [1.29, 1.82) is 0 Å². The first-order valence-corrected chi connectivity index (χ1v) is 9.07. The van der Waals surface area contributed by atoms with Gasteiger partial charge >= 0.3 is 0 Å². The van der Waals surface area contributed by atoms with Gasteiger partial charge in [-0.3, -0.25) is 4.79 Å². The Kier molecular flexibility index (Phi) is 5.31. The molecule has 1 aliphatic rings. The predicted octanol–water partition coefficient (Wildman–Crippen LogP) is 3.97. The fraction of sp³-hybridized carbons (Fsp3) is 0.421. The molecule has 0 radical (unpaired) electrons. The Balaban J connectivity index is 1.70. The van der Waals surface area contributed by atoms with E-state index in [1.807, 2.05) is 43.8 Å². The van der Waals surface area contributed by atoms with Gasteiger partial charge in [-0.2, -0.15) is 0 Å². The summed E-state index contributed by atoms with van der Waals surface area (Å²) in [5.41, 5.74) is 0.624. The zero-order valence-corrected chi connectivity index (χ0v) is 14.9. The number of amides is 1. The Morgan fingerprint density at radius 1 is 1.21 bits per heavy atom. The number of benzene rings is 1. The highest BCUT2D eigenvalue weighted by atomic mass is 32.2. The molecule has 24 heavy (non-hydrogen) atoms. The molecule has 1 fully saturated rings. The summed E-state index contributed by atoms with van der Waals surface area (Å²) in [6.07, 6.45) is 1.85. The zero-order valence-electron chi connectivity index (χ0n) is 14.1. The second-order valence-corrected chi connectivity index (χ2v) is 7.76. The van der Waals surface area contributed by atoms with Crippen LogP contribution in [0.1, 0.15) is 34.7 Å². The van der Waals surface area contributed by atoms with Gasteiger partial charge in [0.25, 0.3) is 5.91 Å². The summed E-state index contributed by atoms with van der Waals surface area (Å²) in [6.45, 7) is 5.78. The van der Waals surface area contributed by atoms with Crippen LogP contribution < -0.4 is 5.32 Å². The Bertz CT molecular complexity index is 690. The minimum atomic E-state index is -0.0659. The monoisotopic (exact) mass is 345 g/mol. The van der Waals surface area contributed by atoms with E-state index in [0.29, 0.717) is 17.9 Å². The number of carbonyl (C=O) groups excluding carboxylic acids is 1. The maximum Gasteiger partial charge on any atom is 0.254 e. The van der Waals surface area contributed by atoms with E-state index in [1.165, 1.54) is 4.90 Å². The van der Waals surface area contributed by atoms with Gasteiger partial charge in [0.15, 0.2) is 0 Å². The fourth-order valence-electron chi connectivity index (χ4n) is 2.99. The zero-order chi connectivity index (χ0) is 17.0. The molecule has 3 rings (SSSR count). The number of aryl methyl sites for hydroxylation is 2. The van der Waals surface area contributed by atoms with Crippen LogP contribution in [0.25, 0.3) is 0 Å². The van der Waals surface area contributed by atoms with E-state index in [-0.39, 0.29) is 10.7 Å². The Hall–Kier alpha value is -1.72. The van der Waals surface area contributed by atoms with Crippen molar-refractivity contribution in [3.8, 4) is 0 Å². The Morgan fingerprint density at radius 2 is 1.92 bits per heavy atom. The molecule has 2 heterocycles. The molecule has 0 saturated carbocycles. The standard InChI is InChI=1S/C19H23NO3S/c1-14-12-17(15(2)23-14)18(21)20-13-19(8-10-22-11-9-19)24-16-6-4-3-5-7-16/h3-7,12H,8-11,13H2,1-2H3,(H,20,21). The van der Waals surface area contributed by atoms with Gasteiger partial charge in [0.2, 0.25) is 0 Å². The molecular formula is C19H23NO3S. The lowest BCUT2D eigenvalue weighted by Crippen LogP contribution is -2.44.